The molecule has 2 aromatic rings. The second kappa shape index (κ2) is 3.71. The number of benzene rings is 1. The maximum atomic E-state index is 11.4. The van der Waals surface area contributed by atoms with Gasteiger partial charge in [-0.25, -0.2) is 4.79 Å². The zero-order valence-electron chi connectivity index (χ0n) is 7.41. The summed E-state index contributed by atoms with van der Waals surface area (Å²) in [5.74, 6) is -0.291. The van der Waals surface area contributed by atoms with Crippen LogP contribution >= 0.6 is 27.3 Å². The summed E-state index contributed by atoms with van der Waals surface area (Å²) >= 11 is 5.00. The molecule has 0 radical (unpaired) electrons. The summed E-state index contributed by atoms with van der Waals surface area (Å²) in [4.78, 5) is 11.4. The highest BCUT2D eigenvalue weighted by Gasteiger charge is 2.11. The molecule has 0 aliphatic carbocycles. The van der Waals surface area contributed by atoms with Crippen LogP contribution in [0.1, 0.15) is 10.4 Å². The van der Waals surface area contributed by atoms with Gasteiger partial charge in [0.2, 0.25) is 0 Å². The van der Waals surface area contributed by atoms with Crippen LogP contribution < -0.4 is 0 Å². The molecular weight excluding hydrogens is 264 g/mol. The zero-order chi connectivity index (χ0) is 10.1. The van der Waals surface area contributed by atoms with Gasteiger partial charge in [0.15, 0.2) is 0 Å². The van der Waals surface area contributed by atoms with E-state index in [0.29, 0.717) is 5.56 Å². The first-order valence-corrected chi connectivity index (χ1v) is 5.59. The predicted octanol–water partition coefficient (Wildman–Crippen LogP) is 3.45. The SMILES string of the molecule is COC(=O)c1cccc2sc(Br)cc12. The first-order valence-electron chi connectivity index (χ1n) is 3.99. The minimum atomic E-state index is -0.291. The van der Waals surface area contributed by atoms with Crippen LogP contribution in [-0.2, 0) is 4.74 Å². The van der Waals surface area contributed by atoms with Crippen LogP contribution in [0.2, 0.25) is 0 Å². The van der Waals surface area contributed by atoms with Crippen LogP contribution in [0.4, 0.5) is 0 Å². The highest BCUT2D eigenvalue weighted by atomic mass is 79.9. The number of halogens is 1. The molecule has 1 aromatic carbocycles. The van der Waals surface area contributed by atoms with Gasteiger partial charge in [0.25, 0.3) is 0 Å². The van der Waals surface area contributed by atoms with Crippen molar-refractivity contribution in [3.05, 3.63) is 33.6 Å². The summed E-state index contributed by atoms with van der Waals surface area (Å²) in [6.07, 6.45) is 0. The van der Waals surface area contributed by atoms with Crippen molar-refractivity contribution in [3.63, 3.8) is 0 Å². The molecule has 2 rings (SSSR count). The third kappa shape index (κ3) is 1.55. The van der Waals surface area contributed by atoms with Crippen LogP contribution in [0.15, 0.2) is 28.1 Å². The van der Waals surface area contributed by atoms with Gasteiger partial charge in [0.1, 0.15) is 0 Å². The number of hydrogen-bond donors (Lipinski definition) is 0. The van der Waals surface area contributed by atoms with Crippen LogP contribution in [-0.4, -0.2) is 13.1 Å². The van der Waals surface area contributed by atoms with Crippen molar-refractivity contribution in [1.29, 1.82) is 0 Å². The molecular formula is C10H7BrO2S. The van der Waals surface area contributed by atoms with Crippen LogP contribution in [0.3, 0.4) is 0 Å². The Balaban J connectivity index is 2.70. The van der Waals surface area contributed by atoms with Crippen LogP contribution in [0.25, 0.3) is 10.1 Å². The van der Waals surface area contributed by atoms with Crippen molar-refractivity contribution in [1.82, 2.24) is 0 Å². The molecule has 0 fully saturated rings. The summed E-state index contributed by atoms with van der Waals surface area (Å²) in [7, 11) is 1.39. The lowest BCUT2D eigenvalue weighted by Crippen LogP contribution is -2.00. The van der Waals surface area contributed by atoms with Crippen LogP contribution in [0, 0.1) is 0 Å². The number of ether oxygens (including phenoxy) is 1. The molecule has 4 heteroatoms. The Morgan fingerprint density at radius 1 is 1.50 bits per heavy atom. The Labute approximate surface area is 93.6 Å². The number of methoxy groups -OCH3 is 1. The van der Waals surface area contributed by atoms with Crippen molar-refractivity contribution in [2.24, 2.45) is 0 Å². The quantitative estimate of drug-likeness (QED) is 0.742. The number of carbonyl (C=O) groups excluding carboxylic acids is 1. The first-order chi connectivity index (χ1) is 6.72. The van der Waals surface area contributed by atoms with E-state index in [2.05, 4.69) is 15.9 Å². The van der Waals surface area contributed by atoms with Crippen molar-refractivity contribution in [2.75, 3.05) is 7.11 Å². The Morgan fingerprint density at radius 2 is 2.29 bits per heavy atom. The number of thiophene rings is 1. The highest BCUT2D eigenvalue weighted by Crippen LogP contribution is 2.31. The molecule has 2 nitrogen and oxygen atoms in total. The molecule has 0 bridgehead atoms. The second-order valence-electron chi connectivity index (χ2n) is 2.76. The van der Waals surface area contributed by atoms with E-state index in [4.69, 9.17) is 4.74 Å². The largest absolute Gasteiger partial charge is 0.465 e. The third-order valence-corrected chi connectivity index (χ3v) is 3.54. The van der Waals surface area contributed by atoms with E-state index < -0.39 is 0 Å². The lowest BCUT2D eigenvalue weighted by molar-refractivity contribution is 0.0603. The molecule has 0 saturated heterocycles. The molecule has 0 saturated carbocycles. The molecule has 1 aromatic heterocycles. The molecule has 0 atom stereocenters. The summed E-state index contributed by atoms with van der Waals surface area (Å²) in [6, 6.07) is 7.55. The van der Waals surface area contributed by atoms with E-state index in [1.165, 1.54) is 7.11 Å². The first kappa shape index (κ1) is 9.68. The fraction of sp³-hybridized carbons (Fsp3) is 0.100. The monoisotopic (exact) mass is 270 g/mol. The van der Waals surface area contributed by atoms with Crippen molar-refractivity contribution < 1.29 is 9.53 Å². The maximum Gasteiger partial charge on any atom is 0.338 e. The molecule has 72 valence electrons. The van der Waals surface area contributed by atoms with Gasteiger partial charge in [-0.2, -0.15) is 0 Å². The number of fused-ring (bicyclic) bond motifs is 1. The molecule has 0 spiro atoms. The summed E-state index contributed by atoms with van der Waals surface area (Å²) in [6.45, 7) is 0. The summed E-state index contributed by atoms with van der Waals surface area (Å²) < 4.78 is 6.80. The Kier molecular flexibility index (Phi) is 2.56. The third-order valence-electron chi connectivity index (χ3n) is 1.94. The lowest BCUT2D eigenvalue weighted by atomic mass is 10.1. The Hall–Kier alpha value is -0.870. The lowest BCUT2D eigenvalue weighted by Gasteiger charge is -1.99. The fourth-order valence-corrected chi connectivity index (χ4v) is 2.88. The van der Waals surface area contributed by atoms with Gasteiger partial charge in [-0.05, 0) is 34.1 Å². The van der Waals surface area contributed by atoms with E-state index in [1.54, 1.807) is 17.4 Å². The molecule has 0 unspecified atom stereocenters. The second-order valence-corrected chi connectivity index (χ2v) is 5.22. The molecule has 1 heterocycles. The molecule has 0 N–H and O–H groups in total. The summed E-state index contributed by atoms with van der Waals surface area (Å²) in [5.41, 5.74) is 0.618. The fourth-order valence-electron chi connectivity index (χ4n) is 1.32. The Bertz CT molecular complexity index is 490. The van der Waals surface area contributed by atoms with Gasteiger partial charge in [-0.15, -0.1) is 11.3 Å². The van der Waals surface area contributed by atoms with Gasteiger partial charge >= 0.3 is 5.97 Å². The minimum absolute atomic E-state index is 0.291. The molecule has 14 heavy (non-hydrogen) atoms. The van der Waals surface area contributed by atoms with Gasteiger partial charge in [0.05, 0.1) is 16.5 Å². The topological polar surface area (TPSA) is 26.3 Å². The predicted molar refractivity (Wildman–Crippen MR) is 60.9 cm³/mol. The number of carbonyl (C=O) groups is 1. The smallest absolute Gasteiger partial charge is 0.338 e. The normalized spacial score (nSPS) is 10.4. The summed E-state index contributed by atoms with van der Waals surface area (Å²) in [5, 5.41) is 0.941. The van der Waals surface area contributed by atoms with Gasteiger partial charge < -0.3 is 4.74 Å². The van der Waals surface area contributed by atoms with Crippen molar-refractivity contribution in [3.8, 4) is 0 Å². The van der Waals surface area contributed by atoms with Gasteiger partial charge in [-0.3, -0.25) is 0 Å². The van der Waals surface area contributed by atoms with E-state index in [1.807, 2.05) is 18.2 Å². The average Bonchev–Trinajstić information content (AvgIpc) is 2.56. The van der Waals surface area contributed by atoms with E-state index in [9.17, 15) is 4.79 Å². The average molecular weight is 271 g/mol. The maximum absolute atomic E-state index is 11.4. The standard InChI is InChI=1S/C10H7BrO2S/c1-13-10(12)6-3-2-4-8-7(6)5-9(11)14-8/h2-5H,1H3. The van der Waals surface area contributed by atoms with Crippen molar-refractivity contribution >= 4 is 43.3 Å². The van der Waals surface area contributed by atoms with Crippen LogP contribution in [0.5, 0.6) is 0 Å². The number of esters is 1. The molecule has 0 aliphatic rings. The number of hydrogen-bond acceptors (Lipinski definition) is 3. The Morgan fingerprint density at radius 3 is 3.00 bits per heavy atom. The molecule has 0 aliphatic heterocycles. The van der Waals surface area contributed by atoms with E-state index >= 15 is 0 Å². The molecule has 0 amide bonds. The van der Waals surface area contributed by atoms with Gasteiger partial charge in [0, 0.05) is 10.1 Å². The zero-order valence-corrected chi connectivity index (χ0v) is 9.81. The van der Waals surface area contributed by atoms with Gasteiger partial charge in [-0.1, -0.05) is 6.07 Å². The van der Waals surface area contributed by atoms with E-state index in [0.717, 1.165) is 13.9 Å². The highest BCUT2D eigenvalue weighted by molar-refractivity contribution is 9.11. The number of rotatable bonds is 1. The van der Waals surface area contributed by atoms with E-state index in [-0.39, 0.29) is 5.97 Å². The minimum Gasteiger partial charge on any atom is -0.465 e. The van der Waals surface area contributed by atoms with Crippen molar-refractivity contribution in [2.45, 2.75) is 0 Å².